The standard InChI is InChI=1S/C19H42N.C3H9N.2ClH/c1-5-6-7-8-9-10-11-12-13-14-15-16-17-18-19-20(2,3)4;1-4(2)3;;/h5-19H2,1-4H3;1-3H3;2*1H/q+1;;;/p-1. The maximum Gasteiger partial charge on any atom is 0.0780 e. The number of unbranched alkanes of at least 4 members (excludes halogenated alkanes) is 13. The van der Waals surface area contributed by atoms with Crippen LogP contribution in [-0.2, 0) is 0 Å². The van der Waals surface area contributed by atoms with Crippen molar-refractivity contribution in [1.82, 2.24) is 0 Å². The lowest BCUT2D eigenvalue weighted by atomic mass is 10.0. The Morgan fingerprint density at radius 2 is 0.731 bits per heavy atom. The second kappa shape index (κ2) is 25.5. The highest BCUT2D eigenvalue weighted by molar-refractivity contribution is 4.49. The molecule has 0 rings (SSSR count). The molecular formula is C22H52Cl2N2. The second-order valence-corrected chi connectivity index (χ2v) is 9.11. The molecule has 1 N–H and O–H groups in total. The van der Waals surface area contributed by atoms with Gasteiger partial charge in [-0.2, -0.15) is 0 Å². The fourth-order valence-electron chi connectivity index (χ4n) is 2.78. The van der Waals surface area contributed by atoms with Gasteiger partial charge in [0, 0.05) is 0 Å². The number of halogens is 2. The molecule has 0 saturated heterocycles. The van der Waals surface area contributed by atoms with Crippen molar-refractivity contribution in [2.75, 3.05) is 48.8 Å². The van der Waals surface area contributed by atoms with E-state index in [0.29, 0.717) is 0 Å². The zero-order valence-electron chi connectivity index (χ0n) is 19.3. The fraction of sp³-hybridized carbons (Fsp3) is 1.00. The Labute approximate surface area is 179 Å². The predicted octanol–water partition coefficient (Wildman–Crippen LogP) is -1.06. The van der Waals surface area contributed by atoms with Crippen LogP contribution in [0.25, 0.3) is 0 Å². The van der Waals surface area contributed by atoms with Gasteiger partial charge in [-0.25, -0.2) is 0 Å². The molecule has 0 bridgehead atoms. The molecule has 0 aliphatic heterocycles. The maximum atomic E-state index is 2.29. The van der Waals surface area contributed by atoms with Crippen LogP contribution in [0.3, 0.4) is 0 Å². The Hall–Kier alpha value is 0.500. The quantitative estimate of drug-likeness (QED) is 0.257. The van der Waals surface area contributed by atoms with Crippen molar-refractivity contribution in [3.8, 4) is 0 Å². The van der Waals surface area contributed by atoms with E-state index in [1.165, 1.54) is 101 Å². The molecule has 0 fully saturated rings. The molecule has 0 unspecified atom stereocenters. The van der Waals surface area contributed by atoms with Crippen molar-refractivity contribution in [1.29, 1.82) is 0 Å². The Kier molecular flexibility index (Phi) is 33.4. The van der Waals surface area contributed by atoms with Crippen molar-refractivity contribution in [2.24, 2.45) is 0 Å². The third-order valence-electron chi connectivity index (χ3n) is 4.18. The minimum Gasteiger partial charge on any atom is -1.00 e. The Morgan fingerprint density at radius 1 is 0.500 bits per heavy atom. The summed E-state index contributed by atoms with van der Waals surface area (Å²) in [6.45, 7) is 3.63. The van der Waals surface area contributed by atoms with Crippen molar-refractivity contribution < 1.29 is 34.2 Å². The summed E-state index contributed by atoms with van der Waals surface area (Å²) in [7, 11) is 13.1. The first kappa shape index (κ1) is 34.0. The van der Waals surface area contributed by atoms with Crippen molar-refractivity contribution in [2.45, 2.75) is 96.8 Å². The molecule has 4 heteroatoms. The van der Waals surface area contributed by atoms with Crippen LogP contribution in [0.4, 0.5) is 0 Å². The molecule has 164 valence electrons. The van der Waals surface area contributed by atoms with Gasteiger partial charge >= 0.3 is 0 Å². The van der Waals surface area contributed by atoms with Crippen LogP contribution in [-0.4, -0.2) is 53.3 Å². The SMILES string of the molecule is CCCCCCCCCCCCCCCC[N+](C)(C)C.C[NH+](C)C.[Cl-].[Cl-]. The van der Waals surface area contributed by atoms with Gasteiger partial charge in [-0.1, -0.05) is 84.0 Å². The normalized spacial score (nSPS) is 10.6. The molecule has 0 amide bonds. The molecule has 0 saturated carbocycles. The number of nitrogens with one attached hydrogen (secondary N) is 1. The van der Waals surface area contributed by atoms with Crippen LogP contribution < -0.4 is 29.7 Å². The van der Waals surface area contributed by atoms with Gasteiger partial charge in [0.2, 0.25) is 0 Å². The molecule has 0 spiro atoms. The zero-order chi connectivity index (χ0) is 18.7. The second-order valence-electron chi connectivity index (χ2n) is 9.11. The molecule has 0 atom stereocenters. The molecule has 0 radical (unpaired) electrons. The summed E-state index contributed by atoms with van der Waals surface area (Å²) in [5, 5.41) is 0. The fourth-order valence-corrected chi connectivity index (χ4v) is 2.78. The van der Waals surface area contributed by atoms with E-state index in [4.69, 9.17) is 0 Å². The molecule has 0 aromatic carbocycles. The van der Waals surface area contributed by atoms with Crippen LogP contribution >= 0.6 is 0 Å². The first-order valence-corrected chi connectivity index (χ1v) is 10.9. The lowest BCUT2D eigenvalue weighted by molar-refractivity contribution is -0.870. The molecular weight excluding hydrogens is 363 g/mol. The summed E-state index contributed by atoms with van der Waals surface area (Å²) in [6, 6.07) is 0. The van der Waals surface area contributed by atoms with E-state index >= 15 is 0 Å². The van der Waals surface area contributed by atoms with Gasteiger partial charge in [-0.05, 0) is 12.8 Å². The summed E-state index contributed by atoms with van der Waals surface area (Å²) in [4.78, 5) is 1.42. The third-order valence-corrected chi connectivity index (χ3v) is 4.18. The molecule has 0 aliphatic carbocycles. The van der Waals surface area contributed by atoms with Crippen molar-refractivity contribution in [3.63, 3.8) is 0 Å². The average Bonchev–Trinajstić information content (AvgIpc) is 2.46. The highest BCUT2D eigenvalue weighted by Crippen LogP contribution is 2.13. The third kappa shape index (κ3) is 44.2. The predicted molar refractivity (Wildman–Crippen MR) is 112 cm³/mol. The zero-order valence-corrected chi connectivity index (χ0v) is 20.8. The summed E-state index contributed by atoms with van der Waals surface area (Å²) in [6.07, 6.45) is 20.4. The largest absolute Gasteiger partial charge is 1.00 e. The van der Waals surface area contributed by atoms with E-state index < -0.39 is 0 Å². The van der Waals surface area contributed by atoms with Crippen molar-refractivity contribution in [3.05, 3.63) is 0 Å². The highest BCUT2D eigenvalue weighted by atomic mass is 35.5. The molecule has 0 heterocycles. The molecule has 0 aromatic rings. The topological polar surface area (TPSA) is 4.44 Å². The van der Waals surface area contributed by atoms with Gasteiger partial charge in [0.1, 0.15) is 0 Å². The molecule has 2 nitrogen and oxygen atoms in total. The van der Waals surface area contributed by atoms with Gasteiger partial charge in [0.25, 0.3) is 0 Å². The minimum atomic E-state index is 0. The van der Waals surface area contributed by atoms with E-state index in [2.05, 4.69) is 49.2 Å². The van der Waals surface area contributed by atoms with Gasteiger partial charge in [-0.15, -0.1) is 0 Å². The van der Waals surface area contributed by atoms with Gasteiger partial charge in [0.15, 0.2) is 0 Å². The summed E-state index contributed by atoms with van der Waals surface area (Å²) < 4.78 is 1.12. The molecule has 26 heavy (non-hydrogen) atoms. The van der Waals surface area contributed by atoms with E-state index in [-0.39, 0.29) is 24.8 Å². The van der Waals surface area contributed by atoms with Crippen LogP contribution in [0.1, 0.15) is 96.8 Å². The number of rotatable bonds is 15. The van der Waals surface area contributed by atoms with Gasteiger partial charge < -0.3 is 34.2 Å². The van der Waals surface area contributed by atoms with E-state index in [0.717, 1.165) is 4.48 Å². The highest BCUT2D eigenvalue weighted by Gasteiger charge is 2.04. The lowest BCUT2D eigenvalue weighted by Crippen LogP contribution is -3.02. The number of hydrogen-bond acceptors (Lipinski definition) is 0. The molecule has 0 aromatic heterocycles. The Balaban J connectivity index is -0.000000363. The van der Waals surface area contributed by atoms with Crippen LogP contribution in [0, 0.1) is 0 Å². The summed E-state index contributed by atoms with van der Waals surface area (Å²) >= 11 is 0. The average molecular weight is 416 g/mol. The van der Waals surface area contributed by atoms with Crippen LogP contribution in [0.5, 0.6) is 0 Å². The van der Waals surface area contributed by atoms with E-state index in [1.54, 1.807) is 0 Å². The smallest absolute Gasteiger partial charge is 0.0780 e. The summed E-state index contributed by atoms with van der Waals surface area (Å²) in [5.41, 5.74) is 0. The monoisotopic (exact) mass is 414 g/mol. The lowest BCUT2D eigenvalue weighted by Gasteiger charge is -2.23. The van der Waals surface area contributed by atoms with Crippen LogP contribution in [0.15, 0.2) is 0 Å². The minimum absolute atomic E-state index is 0. The summed E-state index contributed by atoms with van der Waals surface area (Å²) in [5.74, 6) is 0. The van der Waals surface area contributed by atoms with E-state index in [1.807, 2.05) is 0 Å². The number of quaternary nitrogens is 2. The van der Waals surface area contributed by atoms with Gasteiger partial charge in [-0.3, -0.25) is 0 Å². The Bertz CT molecular complexity index is 226. The first-order chi connectivity index (χ1) is 11.3. The van der Waals surface area contributed by atoms with Crippen molar-refractivity contribution >= 4 is 0 Å². The van der Waals surface area contributed by atoms with Gasteiger partial charge in [0.05, 0.1) is 48.8 Å². The van der Waals surface area contributed by atoms with Crippen LogP contribution in [0.2, 0.25) is 0 Å². The Morgan fingerprint density at radius 3 is 0.962 bits per heavy atom. The maximum absolute atomic E-state index is 2.29. The van der Waals surface area contributed by atoms with E-state index in [9.17, 15) is 0 Å². The first-order valence-electron chi connectivity index (χ1n) is 10.9. The molecule has 0 aliphatic rings. The number of hydrogen-bond donors (Lipinski definition) is 1. The number of nitrogens with zero attached hydrogens (tertiary/aromatic N) is 1.